The number of carbonyl (C=O) groups excluding carboxylic acids is 2. The third-order valence-electron chi connectivity index (χ3n) is 3.61. The first-order valence-electron chi connectivity index (χ1n) is 7.23. The third-order valence-corrected chi connectivity index (χ3v) is 3.61. The van der Waals surface area contributed by atoms with Crippen LogP contribution in [0.1, 0.15) is 25.8 Å². The maximum atomic E-state index is 12.4. The van der Waals surface area contributed by atoms with Gasteiger partial charge in [0.1, 0.15) is 18.4 Å². The van der Waals surface area contributed by atoms with Gasteiger partial charge in [0, 0.05) is 6.42 Å². The molecule has 1 amide bonds. The van der Waals surface area contributed by atoms with E-state index in [4.69, 9.17) is 9.47 Å². The van der Waals surface area contributed by atoms with E-state index in [1.54, 1.807) is 13.8 Å². The van der Waals surface area contributed by atoms with Crippen LogP contribution in [0.15, 0.2) is 43.0 Å². The Hall–Kier alpha value is -2.14. The van der Waals surface area contributed by atoms with Gasteiger partial charge in [-0.2, -0.15) is 0 Å². The Morgan fingerprint density at radius 1 is 1.41 bits per heavy atom. The lowest BCUT2D eigenvalue weighted by Gasteiger charge is -2.32. The highest BCUT2D eigenvalue weighted by molar-refractivity contribution is 5.89. The first-order chi connectivity index (χ1) is 10.5. The van der Waals surface area contributed by atoms with Crippen molar-refractivity contribution in [3.05, 3.63) is 48.6 Å². The number of hydrogen-bond donors (Lipinski definition) is 0. The van der Waals surface area contributed by atoms with Crippen LogP contribution in [0.25, 0.3) is 0 Å². The predicted octanol–water partition coefficient (Wildman–Crippen LogP) is 2.91. The highest BCUT2D eigenvalue weighted by atomic mass is 16.6. The zero-order valence-electron chi connectivity index (χ0n) is 13.0. The monoisotopic (exact) mass is 303 g/mol. The van der Waals surface area contributed by atoms with Gasteiger partial charge in [-0.3, -0.25) is 9.69 Å². The van der Waals surface area contributed by atoms with Crippen LogP contribution >= 0.6 is 0 Å². The summed E-state index contributed by atoms with van der Waals surface area (Å²) in [7, 11) is 0. The van der Waals surface area contributed by atoms with Crippen molar-refractivity contribution in [1.29, 1.82) is 0 Å². The van der Waals surface area contributed by atoms with Crippen LogP contribution in [-0.4, -0.2) is 35.2 Å². The maximum Gasteiger partial charge on any atom is 0.413 e. The Bertz CT molecular complexity index is 553. The van der Waals surface area contributed by atoms with Crippen molar-refractivity contribution in [2.75, 3.05) is 6.61 Å². The second kappa shape index (κ2) is 6.75. The fraction of sp³-hybridized carbons (Fsp3) is 0.412. The van der Waals surface area contributed by atoms with Gasteiger partial charge in [0.05, 0.1) is 6.61 Å². The van der Waals surface area contributed by atoms with Crippen molar-refractivity contribution < 1.29 is 19.1 Å². The van der Waals surface area contributed by atoms with E-state index in [9.17, 15) is 9.59 Å². The summed E-state index contributed by atoms with van der Waals surface area (Å²) in [6, 6.07) is 8.77. The van der Waals surface area contributed by atoms with E-state index in [1.165, 1.54) is 11.0 Å². The van der Waals surface area contributed by atoms with Crippen LogP contribution in [0.5, 0.6) is 0 Å². The molecule has 1 aromatic rings. The van der Waals surface area contributed by atoms with E-state index < -0.39 is 17.9 Å². The molecular weight excluding hydrogens is 282 g/mol. The van der Waals surface area contributed by atoms with E-state index in [1.807, 2.05) is 30.3 Å². The Morgan fingerprint density at radius 2 is 2.09 bits per heavy atom. The number of nitrogens with zero attached hydrogens (tertiary/aromatic N) is 1. The number of Topliss-reactive ketones (excluding diaryl/α,β-unsaturated/α-hetero) is 1. The standard InChI is InChI=1S/C17H21NO4/c1-4-8-15(19)14-12-22-17(2,3)18(14)16(20)21-11-13-9-6-5-7-10-13/h4-7,9-10,14H,1,8,11-12H2,2-3H3/t14-/m1/s1. The van der Waals surface area contributed by atoms with Crippen molar-refractivity contribution >= 4 is 11.9 Å². The van der Waals surface area contributed by atoms with Crippen molar-refractivity contribution in [2.24, 2.45) is 0 Å². The SMILES string of the molecule is C=CCC(=O)[C@H]1COC(C)(C)N1C(=O)OCc1ccccc1. The fourth-order valence-corrected chi connectivity index (χ4v) is 2.45. The third kappa shape index (κ3) is 3.54. The number of benzene rings is 1. The Morgan fingerprint density at radius 3 is 2.73 bits per heavy atom. The van der Waals surface area contributed by atoms with Crippen molar-refractivity contribution in [3.8, 4) is 0 Å². The molecule has 0 saturated carbocycles. The number of rotatable bonds is 5. The topological polar surface area (TPSA) is 55.8 Å². The summed E-state index contributed by atoms with van der Waals surface area (Å²) in [5.41, 5.74) is 0.0256. The van der Waals surface area contributed by atoms with Gasteiger partial charge in [-0.05, 0) is 19.4 Å². The molecule has 0 aromatic heterocycles. The van der Waals surface area contributed by atoms with Gasteiger partial charge in [-0.1, -0.05) is 36.4 Å². The molecule has 1 aliphatic heterocycles. The number of hydrogen-bond acceptors (Lipinski definition) is 4. The van der Waals surface area contributed by atoms with Gasteiger partial charge in [-0.15, -0.1) is 6.58 Å². The average Bonchev–Trinajstić information content (AvgIpc) is 2.82. The molecule has 1 fully saturated rings. The van der Waals surface area contributed by atoms with E-state index in [2.05, 4.69) is 6.58 Å². The van der Waals surface area contributed by atoms with Crippen molar-refractivity contribution in [1.82, 2.24) is 4.90 Å². The second-order valence-corrected chi connectivity index (χ2v) is 5.64. The molecule has 5 heteroatoms. The summed E-state index contributed by atoms with van der Waals surface area (Å²) in [4.78, 5) is 25.9. The Labute approximate surface area is 130 Å². The molecule has 0 aliphatic carbocycles. The summed E-state index contributed by atoms with van der Waals surface area (Å²) in [6.07, 6.45) is 1.18. The molecule has 0 N–H and O–H groups in total. The van der Waals surface area contributed by atoms with Gasteiger partial charge < -0.3 is 9.47 Å². The average molecular weight is 303 g/mol. The smallest absolute Gasteiger partial charge is 0.413 e. The Kier molecular flexibility index (Phi) is 4.98. The summed E-state index contributed by atoms with van der Waals surface area (Å²) < 4.78 is 10.9. The van der Waals surface area contributed by atoms with Crippen LogP contribution in [0, 0.1) is 0 Å². The minimum atomic E-state index is -0.866. The zero-order valence-corrected chi connectivity index (χ0v) is 13.0. The highest BCUT2D eigenvalue weighted by Gasteiger charge is 2.47. The van der Waals surface area contributed by atoms with Gasteiger partial charge in [0.2, 0.25) is 0 Å². The van der Waals surface area contributed by atoms with Crippen molar-refractivity contribution in [2.45, 2.75) is 38.6 Å². The highest BCUT2D eigenvalue weighted by Crippen LogP contribution is 2.29. The molecule has 118 valence electrons. The molecule has 1 aliphatic rings. The molecule has 22 heavy (non-hydrogen) atoms. The van der Waals surface area contributed by atoms with Gasteiger partial charge in [0.25, 0.3) is 0 Å². The van der Waals surface area contributed by atoms with Crippen LogP contribution < -0.4 is 0 Å². The van der Waals surface area contributed by atoms with E-state index in [-0.39, 0.29) is 25.4 Å². The lowest BCUT2D eigenvalue weighted by molar-refractivity contribution is -0.123. The quantitative estimate of drug-likeness (QED) is 0.785. The summed E-state index contributed by atoms with van der Waals surface area (Å²) in [6.45, 7) is 7.40. The van der Waals surface area contributed by atoms with Crippen LogP contribution in [-0.2, 0) is 20.9 Å². The molecule has 2 rings (SSSR count). The van der Waals surface area contributed by atoms with E-state index in [0.29, 0.717) is 0 Å². The van der Waals surface area contributed by atoms with Gasteiger partial charge in [-0.25, -0.2) is 4.79 Å². The normalized spacial score (nSPS) is 19.7. The zero-order chi connectivity index (χ0) is 16.2. The number of amides is 1. The molecule has 0 unspecified atom stereocenters. The van der Waals surface area contributed by atoms with E-state index >= 15 is 0 Å². The van der Waals surface area contributed by atoms with E-state index in [0.717, 1.165) is 5.56 Å². The fourth-order valence-electron chi connectivity index (χ4n) is 2.45. The molecule has 0 radical (unpaired) electrons. The number of ether oxygens (including phenoxy) is 2. The summed E-state index contributed by atoms with van der Waals surface area (Å²) in [5, 5.41) is 0. The minimum Gasteiger partial charge on any atom is -0.444 e. The molecular formula is C17H21NO4. The number of ketones is 1. The largest absolute Gasteiger partial charge is 0.444 e. The lowest BCUT2D eigenvalue weighted by atomic mass is 10.1. The molecule has 1 aromatic carbocycles. The summed E-state index contributed by atoms with van der Waals surface area (Å²) in [5.74, 6) is -0.0998. The first-order valence-corrected chi connectivity index (χ1v) is 7.23. The van der Waals surface area contributed by atoms with Crippen LogP contribution in [0.2, 0.25) is 0 Å². The lowest BCUT2D eigenvalue weighted by Crippen LogP contribution is -2.50. The molecule has 0 bridgehead atoms. The summed E-state index contributed by atoms with van der Waals surface area (Å²) >= 11 is 0. The van der Waals surface area contributed by atoms with Crippen LogP contribution in [0.4, 0.5) is 4.79 Å². The van der Waals surface area contributed by atoms with Gasteiger partial charge >= 0.3 is 6.09 Å². The molecule has 1 saturated heterocycles. The minimum absolute atomic E-state index is 0.0998. The molecule has 0 spiro atoms. The van der Waals surface area contributed by atoms with Crippen molar-refractivity contribution in [3.63, 3.8) is 0 Å². The first kappa shape index (κ1) is 16.2. The second-order valence-electron chi connectivity index (χ2n) is 5.64. The number of allylic oxidation sites excluding steroid dienone is 1. The Balaban J connectivity index is 2.06. The molecule has 1 heterocycles. The molecule has 1 atom stereocenters. The molecule has 5 nitrogen and oxygen atoms in total. The number of carbonyl (C=O) groups is 2. The van der Waals surface area contributed by atoms with Gasteiger partial charge in [0.15, 0.2) is 5.78 Å². The predicted molar refractivity (Wildman–Crippen MR) is 82.1 cm³/mol. The van der Waals surface area contributed by atoms with Crippen LogP contribution in [0.3, 0.4) is 0 Å². The maximum absolute atomic E-state index is 12.4.